The Bertz CT molecular complexity index is 1280. The third-order valence-corrected chi connectivity index (χ3v) is 9.07. The van der Waals surface area contributed by atoms with Gasteiger partial charge in [0.2, 0.25) is 11.9 Å². The van der Waals surface area contributed by atoms with Crippen LogP contribution in [0.25, 0.3) is 0 Å². The topological polar surface area (TPSA) is 112 Å². The molecule has 2 aromatic rings. The van der Waals surface area contributed by atoms with Gasteiger partial charge in [-0.25, -0.2) is 4.98 Å². The summed E-state index contributed by atoms with van der Waals surface area (Å²) in [5.41, 5.74) is 1.88. The van der Waals surface area contributed by atoms with Crippen LogP contribution in [0.5, 0.6) is 5.75 Å². The zero-order valence-electron chi connectivity index (χ0n) is 24.3. The van der Waals surface area contributed by atoms with Gasteiger partial charge in [-0.15, -0.1) is 0 Å². The van der Waals surface area contributed by atoms with Crippen LogP contribution in [0.15, 0.2) is 24.4 Å². The molecular weight excluding hydrogens is 522 g/mol. The molecule has 0 spiro atoms. The molecule has 2 saturated heterocycles. The summed E-state index contributed by atoms with van der Waals surface area (Å²) < 4.78 is 11.6. The Morgan fingerprint density at radius 3 is 2.76 bits per heavy atom. The predicted molar refractivity (Wildman–Crippen MR) is 157 cm³/mol. The van der Waals surface area contributed by atoms with Crippen molar-refractivity contribution in [3.05, 3.63) is 30.0 Å². The molecule has 0 bridgehead atoms. The molecule has 3 fully saturated rings. The van der Waals surface area contributed by atoms with Gasteiger partial charge in [-0.3, -0.25) is 14.5 Å². The molecule has 3 atom stereocenters. The van der Waals surface area contributed by atoms with Gasteiger partial charge in [0.15, 0.2) is 5.82 Å². The first-order valence-electron chi connectivity index (χ1n) is 15.0. The molecule has 11 heteroatoms. The second-order valence-corrected chi connectivity index (χ2v) is 11.6. The zero-order chi connectivity index (χ0) is 28.5. The number of morpholine rings is 1. The van der Waals surface area contributed by atoms with Crippen molar-refractivity contribution in [2.24, 2.45) is 0 Å². The SMILES string of the molecule is CCC1C(=O)N(C)c2cnc(Nc3ccc(C(=O)NCC4CN5CCCC5CO4)cc3OC)nc2N1C1CCCC1. The number of carbonyl (C=O) groups is 2. The maximum Gasteiger partial charge on any atom is 0.251 e. The highest BCUT2D eigenvalue weighted by Gasteiger charge is 2.41. The average Bonchev–Trinajstić information content (AvgIpc) is 3.70. The zero-order valence-corrected chi connectivity index (χ0v) is 24.3. The number of benzene rings is 1. The van der Waals surface area contributed by atoms with E-state index in [1.165, 1.54) is 12.8 Å². The second-order valence-electron chi connectivity index (χ2n) is 11.6. The van der Waals surface area contributed by atoms with Gasteiger partial charge in [0.1, 0.15) is 17.5 Å². The van der Waals surface area contributed by atoms with Crippen LogP contribution in [-0.4, -0.2) is 91.3 Å². The quantitative estimate of drug-likeness (QED) is 0.500. The number of nitrogens with one attached hydrogen (secondary N) is 2. The lowest BCUT2D eigenvalue weighted by Crippen LogP contribution is -2.55. The van der Waals surface area contributed by atoms with E-state index in [4.69, 9.17) is 14.5 Å². The van der Waals surface area contributed by atoms with Crippen LogP contribution in [0.3, 0.4) is 0 Å². The van der Waals surface area contributed by atoms with Gasteiger partial charge in [-0.05, 0) is 56.8 Å². The highest BCUT2D eigenvalue weighted by atomic mass is 16.5. The van der Waals surface area contributed by atoms with Gasteiger partial charge in [0.25, 0.3) is 5.91 Å². The standard InChI is InChI=1S/C30H41N7O4/c1-4-24-29(39)35(2)25-16-32-30(34-27(25)37(24)20-8-5-6-9-20)33-23-12-11-19(14-26(23)40-3)28(38)31-15-22-17-36-13-7-10-21(36)18-41-22/h11-12,14,16,20-22,24H,4-10,13,15,17-18H2,1-3H3,(H,31,38)(H,32,33,34). The van der Waals surface area contributed by atoms with Crippen molar-refractivity contribution in [3.8, 4) is 5.75 Å². The van der Waals surface area contributed by atoms with E-state index >= 15 is 0 Å². The number of fused-ring (bicyclic) bond motifs is 2. The molecule has 0 radical (unpaired) electrons. The van der Waals surface area contributed by atoms with E-state index in [1.54, 1.807) is 37.4 Å². The van der Waals surface area contributed by atoms with Crippen LogP contribution in [0, 0.1) is 0 Å². The van der Waals surface area contributed by atoms with E-state index in [2.05, 4.69) is 32.3 Å². The smallest absolute Gasteiger partial charge is 0.251 e. The number of amides is 2. The predicted octanol–water partition coefficient (Wildman–Crippen LogP) is 3.33. The summed E-state index contributed by atoms with van der Waals surface area (Å²) in [7, 11) is 3.37. The van der Waals surface area contributed by atoms with Gasteiger partial charge < -0.3 is 29.9 Å². The number of nitrogens with zero attached hydrogens (tertiary/aromatic N) is 5. The molecule has 220 valence electrons. The normalized spacial score (nSPS) is 24.8. The molecule has 4 heterocycles. The molecule has 1 aromatic heterocycles. The monoisotopic (exact) mass is 563 g/mol. The van der Waals surface area contributed by atoms with Crippen LogP contribution in [0.2, 0.25) is 0 Å². The van der Waals surface area contributed by atoms with Crippen molar-refractivity contribution < 1.29 is 19.1 Å². The van der Waals surface area contributed by atoms with Crippen molar-refractivity contribution in [3.63, 3.8) is 0 Å². The Morgan fingerprint density at radius 1 is 1.17 bits per heavy atom. The third kappa shape index (κ3) is 5.44. The van der Waals surface area contributed by atoms with Gasteiger partial charge in [0, 0.05) is 37.8 Å². The van der Waals surface area contributed by atoms with Crippen molar-refractivity contribution in [1.29, 1.82) is 0 Å². The molecule has 2 N–H and O–H groups in total. The number of hydrogen-bond donors (Lipinski definition) is 2. The molecular formula is C30H41N7O4. The minimum atomic E-state index is -0.235. The Hall–Kier alpha value is -3.44. The summed E-state index contributed by atoms with van der Waals surface area (Å²) in [6.45, 7) is 5.24. The fourth-order valence-corrected chi connectivity index (χ4v) is 6.82. The number of carbonyl (C=O) groups excluding carboxylic acids is 2. The highest BCUT2D eigenvalue weighted by molar-refractivity contribution is 6.04. The molecule has 41 heavy (non-hydrogen) atoms. The van der Waals surface area contributed by atoms with Crippen molar-refractivity contribution in [1.82, 2.24) is 20.2 Å². The summed E-state index contributed by atoms with van der Waals surface area (Å²) in [6.07, 6.45) is 9.29. The van der Waals surface area contributed by atoms with Crippen LogP contribution in [0.4, 0.5) is 23.1 Å². The molecule has 3 unspecified atom stereocenters. The molecule has 1 aliphatic carbocycles. The summed E-state index contributed by atoms with van der Waals surface area (Å²) in [5, 5.41) is 6.30. The molecule has 2 amide bonds. The van der Waals surface area contributed by atoms with E-state index in [1.807, 2.05) is 6.07 Å². The lowest BCUT2D eigenvalue weighted by Gasteiger charge is -2.43. The number of anilines is 4. The minimum absolute atomic E-state index is 0.00253. The Kier molecular flexibility index (Phi) is 7.99. The Balaban J connectivity index is 1.17. The highest BCUT2D eigenvalue weighted by Crippen LogP contribution is 2.40. The van der Waals surface area contributed by atoms with E-state index in [-0.39, 0.29) is 24.0 Å². The first-order chi connectivity index (χ1) is 20.0. The summed E-state index contributed by atoms with van der Waals surface area (Å²) in [6, 6.07) is 5.89. The first kappa shape index (κ1) is 27.7. The number of rotatable bonds is 8. The van der Waals surface area contributed by atoms with Crippen molar-refractivity contribution in [2.75, 3.05) is 55.5 Å². The van der Waals surface area contributed by atoms with E-state index in [0.717, 1.165) is 63.3 Å². The van der Waals surface area contributed by atoms with E-state index in [9.17, 15) is 9.59 Å². The third-order valence-electron chi connectivity index (χ3n) is 9.07. The maximum atomic E-state index is 13.2. The number of hydrogen-bond acceptors (Lipinski definition) is 9. The van der Waals surface area contributed by atoms with Gasteiger partial charge in [0.05, 0.1) is 31.7 Å². The first-order valence-corrected chi connectivity index (χ1v) is 15.0. The van der Waals surface area contributed by atoms with Crippen molar-refractivity contribution in [2.45, 2.75) is 76.1 Å². The van der Waals surface area contributed by atoms with E-state index < -0.39 is 0 Å². The molecule has 1 saturated carbocycles. The Morgan fingerprint density at radius 2 is 1.98 bits per heavy atom. The van der Waals surface area contributed by atoms with Crippen LogP contribution in [-0.2, 0) is 9.53 Å². The molecule has 6 rings (SSSR count). The summed E-state index contributed by atoms with van der Waals surface area (Å²) in [4.78, 5) is 41.9. The molecule has 3 aliphatic heterocycles. The number of aromatic nitrogens is 2. The fraction of sp³-hybridized carbons (Fsp3) is 0.600. The summed E-state index contributed by atoms with van der Waals surface area (Å²) in [5.74, 6) is 1.62. The molecule has 11 nitrogen and oxygen atoms in total. The average molecular weight is 564 g/mol. The second kappa shape index (κ2) is 11.8. The fourth-order valence-electron chi connectivity index (χ4n) is 6.82. The summed E-state index contributed by atoms with van der Waals surface area (Å²) >= 11 is 0. The van der Waals surface area contributed by atoms with Crippen LogP contribution < -0.4 is 25.2 Å². The van der Waals surface area contributed by atoms with E-state index in [0.29, 0.717) is 41.6 Å². The van der Waals surface area contributed by atoms with Gasteiger partial charge in [-0.2, -0.15) is 4.98 Å². The van der Waals surface area contributed by atoms with Crippen LogP contribution >= 0.6 is 0 Å². The van der Waals surface area contributed by atoms with Crippen LogP contribution in [0.1, 0.15) is 62.2 Å². The Labute approximate surface area is 241 Å². The van der Waals surface area contributed by atoms with Gasteiger partial charge >= 0.3 is 0 Å². The number of ether oxygens (including phenoxy) is 2. The number of likely N-dealkylation sites (N-methyl/N-ethyl adjacent to an activating group) is 1. The van der Waals surface area contributed by atoms with Crippen molar-refractivity contribution >= 4 is 35.0 Å². The van der Waals surface area contributed by atoms with Gasteiger partial charge in [-0.1, -0.05) is 19.8 Å². The molecule has 1 aromatic carbocycles. The number of methoxy groups -OCH3 is 1. The lowest BCUT2D eigenvalue weighted by atomic mass is 10.0. The lowest BCUT2D eigenvalue weighted by molar-refractivity contribution is -0.120. The largest absolute Gasteiger partial charge is 0.495 e. The molecule has 4 aliphatic rings. The maximum absolute atomic E-state index is 13.2. The minimum Gasteiger partial charge on any atom is -0.495 e.